The predicted octanol–water partition coefficient (Wildman–Crippen LogP) is 4.09. The van der Waals surface area contributed by atoms with E-state index in [-0.39, 0.29) is 52.3 Å². The molecule has 2 amide bonds. The first-order valence-corrected chi connectivity index (χ1v) is 14.1. The van der Waals surface area contributed by atoms with Crippen molar-refractivity contribution in [1.82, 2.24) is 24.3 Å². The van der Waals surface area contributed by atoms with Gasteiger partial charge in [-0.05, 0) is 66.0 Å². The molecule has 0 bridgehead atoms. The molecule has 11 heteroatoms. The van der Waals surface area contributed by atoms with Crippen LogP contribution in [-0.2, 0) is 22.1 Å². The molecular weight excluding hydrogens is 483 g/mol. The zero-order chi connectivity index (χ0) is 26.0. The van der Waals surface area contributed by atoms with Crippen LogP contribution in [0.1, 0.15) is 71.1 Å². The van der Waals surface area contributed by atoms with Crippen molar-refractivity contribution >= 4 is 27.6 Å². The zero-order valence-corrected chi connectivity index (χ0v) is 22.3. The van der Waals surface area contributed by atoms with Crippen molar-refractivity contribution in [3.05, 3.63) is 35.3 Å². The number of urea groups is 1. The summed E-state index contributed by atoms with van der Waals surface area (Å²) >= 11 is 0. The van der Waals surface area contributed by atoms with E-state index in [0.717, 1.165) is 38.0 Å². The van der Waals surface area contributed by atoms with E-state index in [1.807, 2.05) is 55.2 Å². The van der Waals surface area contributed by atoms with Gasteiger partial charge in [-0.25, -0.2) is 27.0 Å². The van der Waals surface area contributed by atoms with Gasteiger partial charge in [0.2, 0.25) is 10.0 Å². The fourth-order valence-electron chi connectivity index (χ4n) is 5.60. The molecule has 2 unspecified atom stereocenters. The number of fused-ring (bicyclic) bond motifs is 1. The Morgan fingerprint density at radius 1 is 1.19 bits per heavy atom. The largest absolute Gasteiger partial charge is 0.338 e. The SMILES string of the molecule is CC(C)N1CCN(C2CCC(c3cc(Nc4ccc5c(c4F)CNS5(=O)=O)n(C(C)(C)C)n3)C2)C1=O. The van der Waals surface area contributed by atoms with Crippen molar-refractivity contribution < 1.29 is 17.6 Å². The van der Waals surface area contributed by atoms with Crippen LogP contribution in [-0.4, -0.2) is 59.2 Å². The lowest BCUT2D eigenvalue weighted by molar-refractivity contribution is 0.170. The lowest BCUT2D eigenvalue weighted by atomic mass is 10.0. The van der Waals surface area contributed by atoms with Gasteiger partial charge in [0.25, 0.3) is 0 Å². The molecule has 9 nitrogen and oxygen atoms in total. The molecule has 0 spiro atoms. The van der Waals surface area contributed by atoms with E-state index in [1.54, 1.807) is 0 Å². The van der Waals surface area contributed by atoms with Crippen LogP contribution in [0.4, 0.5) is 20.7 Å². The first kappa shape index (κ1) is 25.0. The van der Waals surface area contributed by atoms with Gasteiger partial charge >= 0.3 is 6.03 Å². The number of halogens is 1. The van der Waals surface area contributed by atoms with Gasteiger partial charge in [-0.3, -0.25) is 0 Å². The number of rotatable bonds is 5. The van der Waals surface area contributed by atoms with Gasteiger partial charge in [0, 0.05) is 49.3 Å². The topological polar surface area (TPSA) is 99.6 Å². The number of benzene rings is 1. The van der Waals surface area contributed by atoms with Gasteiger partial charge in [0.15, 0.2) is 5.82 Å². The van der Waals surface area contributed by atoms with Crippen LogP contribution in [0.25, 0.3) is 0 Å². The van der Waals surface area contributed by atoms with Crippen molar-refractivity contribution in [2.24, 2.45) is 0 Å². The van der Waals surface area contributed by atoms with Crippen molar-refractivity contribution in [3.8, 4) is 0 Å². The summed E-state index contributed by atoms with van der Waals surface area (Å²) in [7, 11) is -3.65. The molecule has 3 heterocycles. The van der Waals surface area contributed by atoms with E-state index < -0.39 is 15.8 Å². The lowest BCUT2D eigenvalue weighted by Gasteiger charge is -2.26. The van der Waals surface area contributed by atoms with Crippen LogP contribution in [0.2, 0.25) is 0 Å². The van der Waals surface area contributed by atoms with Crippen LogP contribution in [0.3, 0.4) is 0 Å². The molecule has 196 valence electrons. The van der Waals surface area contributed by atoms with Crippen LogP contribution in [0.5, 0.6) is 0 Å². The van der Waals surface area contributed by atoms with Gasteiger partial charge in [-0.1, -0.05) is 0 Å². The minimum absolute atomic E-state index is 0.0138. The molecule has 1 aromatic heterocycles. The fraction of sp³-hybridized carbons (Fsp3) is 0.600. The summed E-state index contributed by atoms with van der Waals surface area (Å²) in [5, 5.41) is 8.09. The Kier molecular flexibility index (Phi) is 6.06. The number of sulfonamides is 1. The van der Waals surface area contributed by atoms with E-state index in [0.29, 0.717) is 5.82 Å². The molecule has 2 atom stereocenters. The summed E-state index contributed by atoms with van der Waals surface area (Å²) in [5.74, 6) is 0.281. The van der Waals surface area contributed by atoms with Gasteiger partial charge in [-0.15, -0.1) is 0 Å². The molecule has 1 saturated heterocycles. The number of amides is 2. The Morgan fingerprint density at radius 3 is 2.61 bits per heavy atom. The standard InChI is InChI=1S/C25H35FN6O3S/c1-15(2)30-10-11-31(24(30)33)17-7-6-16(12-17)20-13-22(32(29-20)25(3,4)5)28-19-8-9-21-18(23(19)26)14-27-36(21,34)35/h8-9,13,15-17,27-28H,6-7,10-12,14H2,1-5H3. The smallest absolute Gasteiger partial charge is 0.320 e. The van der Waals surface area contributed by atoms with Crippen molar-refractivity contribution in [3.63, 3.8) is 0 Å². The normalized spacial score (nSPS) is 23.7. The summed E-state index contributed by atoms with van der Waals surface area (Å²) in [4.78, 5) is 16.8. The number of anilines is 2. The third-order valence-electron chi connectivity index (χ3n) is 7.52. The summed E-state index contributed by atoms with van der Waals surface area (Å²) in [5.41, 5.74) is 0.921. The second-order valence-electron chi connectivity index (χ2n) is 11.3. The molecular formula is C25H35FN6O3S. The number of nitrogens with one attached hydrogen (secondary N) is 2. The van der Waals surface area contributed by atoms with Crippen LogP contribution >= 0.6 is 0 Å². The molecule has 2 N–H and O–H groups in total. The third kappa shape index (κ3) is 4.26. The Hall–Kier alpha value is -2.66. The number of hydrogen-bond donors (Lipinski definition) is 2. The maximum atomic E-state index is 15.2. The molecule has 0 radical (unpaired) electrons. The maximum absolute atomic E-state index is 15.2. The van der Waals surface area contributed by atoms with Crippen molar-refractivity contribution in [1.29, 1.82) is 0 Å². The Bertz CT molecular complexity index is 1300. The van der Waals surface area contributed by atoms with E-state index in [9.17, 15) is 13.2 Å². The van der Waals surface area contributed by atoms with Crippen LogP contribution in [0, 0.1) is 5.82 Å². The highest BCUT2D eigenvalue weighted by molar-refractivity contribution is 7.89. The highest BCUT2D eigenvalue weighted by Crippen LogP contribution is 2.40. The lowest BCUT2D eigenvalue weighted by Crippen LogP contribution is -2.40. The Morgan fingerprint density at radius 2 is 1.94 bits per heavy atom. The predicted molar refractivity (Wildman–Crippen MR) is 135 cm³/mol. The van der Waals surface area contributed by atoms with Crippen molar-refractivity contribution in [2.75, 3.05) is 18.4 Å². The third-order valence-corrected chi connectivity index (χ3v) is 9.00. The van der Waals surface area contributed by atoms with E-state index in [1.165, 1.54) is 12.1 Å². The highest BCUT2D eigenvalue weighted by Gasteiger charge is 2.40. The maximum Gasteiger partial charge on any atom is 0.320 e. The molecule has 5 rings (SSSR count). The van der Waals surface area contributed by atoms with Crippen molar-refractivity contribution in [2.45, 2.75) is 88.9 Å². The molecule has 3 aliphatic rings. The molecule has 2 aliphatic heterocycles. The average molecular weight is 519 g/mol. The Labute approximate surface area is 212 Å². The zero-order valence-electron chi connectivity index (χ0n) is 21.5. The molecule has 1 saturated carbocycles. The summed E-state index contributed by atoms with van der Waals surface area (Å²) in [6.07, 6.45) is 2.73. The number of carbonyl (C=O) groups is 1. The van der Waals surface area contributed by atoms with E-state index in [2.05, 4.69) is 10.0 Å². The van der Waals surface area contributed by atoms with Gasteiger partial charge in [0.05, 0.1) is 21.8 Å². The second kappa shape index (κ2) is 8.72. The summed E-state index contributed by atoms with van der Waals surface area (Å²) in [6, 6.07) is 5.39. The number of aromatic nitrogens is 2. The molecule has 1 aliphatic carbocycles. The van der Waals surface area contributed by atoms with Crippen LogP contribution < -0.4 is 10.0 Å². The first-order chi connectivity index (χ1) is 16.9. The molecule has 36 heavy (non-hydrogen) atoms. The molecule has 2 aromatic rings. The number of carbonyl (C=O) groups excluding carboxylic acids is 1. The second-order valence-corrected chi connectivity index (χ2v) is 13.1. The number of nitrogens with zero attached hydrogens (tertiary/aromatic N) is 4. The minimum Gasteiger partial charge on any atom is -0.338 e. The van der Waals surface area contributed by atoms with Gasteiger partial charge in [-0.2, -0.15) is 5.10 Å². The molecule has 1 aromatic carbocycles. The van der Waals surface area contributed by atoms with Gasteiger partial charge < -0.3 is 15.1 Å². The highest BCUT2D eigenvalue weighted by atomic mass is 32.2. The monoisotopic (exact) mass is 518 g/mol. The Balaban J connectivity index is 1.39. The minimum atomic E-state index is -3.65. The number of hydrogen-bond acceptors (Lipinski definition) is 5. The fourth-order valence-corrected chi connectivity index (χ4v) is 6.82. The first-order valence-electron chi connectivity index (χ1n) is 12.6. The summed E-state index contributed by atoms with van der Waals surface area (Å²) in [6.45, 7) is 11.7. The van der Waals surface area contributed by atoms with E-state index >= 15 is 4.39 Å². The quantitative estimate of drug-likeness (QED) is 0.621. The van der Waals surface area contributed by atoms with Gasteiger partial charge in [0.1, 0.15) is 5.82 Å². The summed E-state index contributed by atoms with van der Waals surface area (Å²) < 4.78 is 43.6. The average Bonchev–Trinajstić information content (AvgIpc) is 3.55. The molecule has 2 fully saturated rings. The van der Waals surface area contributed by atoms with Crippen LogP contribution in [0.15, 0.2) is 23.1 Å². The van der Waals surface area contributed by atoms with E-state index in [4.69, 9.17) is 5.10 Å².